The lowest BCUT2D eigenvalue weighted by Gasteiger charge is -2.15. The lowest BCUT2D eigenvalue weighted by Crippen LogP contribution is -2.16. The van der Waals surface area contributed by atoms with Gasteiger partial charge in [0.1, 0.15) is 0 Å². The minimum atomic E-state index is -4.59. The molecule has 1 aromatic rings. The number of hydrogen-bond donors (Lipinski definition) is 0. The zero-order valence-electron chi connectivity index (χ0n) is 7.31. The van der Waals surface area contributed by atoms with Gasteiger partial charge in [0.2, 0.25) is 0 Å². The summed E-state index contributed by atoms with van der Waals surface area (Å²) in [6.45, 7) is 1.36. The molecule has 0 aliphatic heterocycles. The first-order valence-electron chi connectivity index (χ1n) is 3.88. The standard InChI is InChI=1S/C9H8BrF3O/c1-6(14-9(11,12)13)7-2-4-8(10)5-3-7/h2-6H,1H3. The Kier molecular flexibility index (Phi) is 3.55. The zero-order chi connectivity index (χ0) is 10.8. The number of alkyl halides is 3. The first-order valence-corrected chi connectivity index (χ1v) is 4.68. The van der Waals surface area contributed by atoms with Crippen molar-refractivity contribution in [1.82, 2.24) is 0 Å². The van der Waals surface area contributed by atoms with Crippen LogP contribution >= 0.6 is 15.9 Å². The molecule has 0 N–H and O–H groups in total. The summed E-state index contributed by atoms with van der Waals surface area (Å²) >= 11 is 3.19. The third-order valence-electron chi connectivity index (χ3n) is 1.65. The maximum atomic E-state index is 11.8. The average molecular weight is 269 g/mol. The molecule has 0 radical (unpaired) electrons. The Balaban J connectivity index is 2.70. The first-order chi connectivity index (χ1) is 6.38. The van der Waals surface area contributed by atoms with Gasteiger partial charge in [-0.15, -0.1) is 13.2 Å². The van der Waals surface area contributed by atoms with Gasteiger partial charge < -0.3 is 0 Å². The Hall–Kier alpha value is -0.550. The molecule has 0 aliphatic carbocycles. The van der Waals surface area contributed by atoms with E-state index in [1.54, 1.807) is 24.3 Å². The molecule has 0 spiro atoms. The molecule has 0 heterocycles. The molecule has 1 aromatic carbocycles. The topological polar surface area (TPSA) is 9.23 Å². The van der Waals surface area contributed by atoms with Crippen molar-refractivity contribution in [1.29, 1.82) is 0 Å². The van der Waals surface area contributed by atoms with Gasteiger partial charge in [-0.3, -0.25) is 4.74 Å². The normalized spacial score (nSPS) is 14.1. The predicted molar refractivity (Wildman–Crippen MR) is 49.7 cm³/mol. The summed E-state index contributed by atoms with van der Waals surface area (Å²) in [6.07, 6.45) is -5.57. The largest absolute Gasteiger partial charge is 0.523 e. The highest BCUT2D eigenvalue weighted by Crippen LogP contribution is 2.27. The Morgan fingerprint density at radius 1 is 1.21 bits per heavy atom. The molecule has 0 saturated carbocycles. The van der Waals surface area contributed by atoms with Gasteiger partial charge in [-0.1, -0.05) is 28.1 Å². The SMILES string of the molecule is CC(OC(F)(F)F)c1ccc(Br)cc1. The molecule has 1 unspecified atom stereocenters. The van der Waals surface area contributed by atoms with Crippen LogP contribution in [0.5, 0.6) is 0 Å². The van der Waals surface area contributed by atoms with E-state index >= 15 is 0 Å². The quantitative estimate of drug-likeness (QED) is 0.787. The zero-order valence-corrected chi connectivity index (χ0v) is 8.89. The maximum absolute atomic E-state index is 11.8. The van der Waals surface area contributed by atoms with E-state index in [9.17, 15) is 13.2 Å². The second kappa shape index (κ2) is 4.31. The van der Waals surface area contributed by atoms with Crippen LogP contribution in [-0.2, 0) is 4.74 Å². The van der Waals surface area contributed by atoms with E-state index in [0.29, 0.717) is 5.56 Å². The second-order valence-electron chi connectivity index (χ2n) is 2.76. The number of hydrogen-bond acceptors (Lipinski definition) is 1. The van der Waals surface area contributed by atoms with E-state index in [1.807, 2.05) is 0 Å². The summed E-state index contributed by atoms with van der Waals surface area (Å²) in [5.74, 6) is 0. The van der Waals surface area contributed by atoms with E-state index in [1.165, 1.54) is 6.92 Å². The summed E-state index contributed by atoms with van der Waals surface area (Å²) in [7, 11) is 0. The van der Waals surface area contributed by atoms with E-state index in [4.69, 9.17) is 0 Å². The van der Waals surface area contributed by atoms with Crippen LogP contribution < -0.4 is 0 Å². The number of ether oxygens (including phenoxy) is 1. The second-order valence-corrected chi connectivity index (χ2v) is 3.67. The van der Waals surface area contributed by atoms with Crippen molar-refractivity contribution in [2.24, 2.45) is 0 Å². The van der Waals surface area contributed by atoms with Crippen molar-refractivity contribution in [3.63, 3.8) is 0 Å². The molecule has 0 fully saturated rings. The van der Waals surface area contributed by atoms with Gasteiger partial charge in [0.25, 0.3) is 0 Å². The van der Waals surface area contributed by atoms with Crippen molar-refractivity contribution in [2.45, 2.75) is 19.4 Å². The summed E-state index contributed by atoms with van der Waals surface area (Å²) in [6, 6.07) is 6.51. The van der Waals surface area contributed by atoms with E-state index in [2.05, 4.69) is 20.7 Å². The number of rotatable bonds is 2. The predicted octanol–water partition coefficient (Wildman–Crippen LogP) is 4.05. The van der Waals surface area contributed by atoms with Gasteiger partial charge in [0, 0.05) is 4.47 Å². The lowest BCUT2D eigenvalue weighted by atomic mass is 10.1. The van der Waals surface area contributed by atoms with Gasteiger partial charge in [-0.05, 0) is 24.6 Å². The van der Waals surface area contributed by atoms with Gasteiger partial charge in [-0.25, -0.2) is 0 Å². The fourth-order valence-electron chi connectivity index (χ4n) is 1.00. The maximum Gasteiger partial charge on any atom is 0.523 e. The molecule has 5 heteroatoms. The summed E-state index contributed by atoms with van der Waals surface area (Å²) in [5, 5.41) is 0. The van der Waals surface area contributed by atoms with Crippen LogP contribution in [0.25, 0.3) is 0 Å². The van der Waals surface area contributed by atoms with Crippen molar-refractivity contribution in [2.75, 3.05) is 0 Å². The highest BCUT2D eigenvalue weighted by molar-refractivity contribution is 9.10. The lowest BCUT2D eigenvalue weighted by molar-refractivity contribution is -0.342. The van der Waals surface area contributed by atoms with Crippen LogP contribution in [0.1, 0.15) is 18.6 Å². The molecule has 1 rings (SSSR count). The highest BCUT2D eigenvalue weighted by atomic mass is 79.9. The van der Waals surface area contributed by atoms with Gasteiger partial charge in [0.15, 0.2) is 0 Å². The summed E-state index contributed by atoms with van der Waals surface area (Å²) in [5.41, 5.74) is 0.491. The Morgan fingerprint density at radius 3 is 2.14 bits per heavy atom. The van der Waals surface area contributed by atoms with Crippen LogP contribution in [0.4, 0.5) is 13.2 Å². The molecule has 1 atom stereocenters. The monoisotopic (exact) mass is 268 g/mol. The molecule has 0 aliphatic rings. The van der Waals surface area contributed by atoms with E-state index < -0.39 is 12.5 Å². The van der Waals surface area contributed by atoms with Crippen LogP contribution in [0.3, 0.4) is 0 Å². The van der Waals surface area contributed by atoms with Crippen LogP contribution in [0.2, 0.25) is 0 Å². The smallest absolute Gasteiger partial charge is 0.284 e. The molecule has 0 amide bonds. The average Bonchev–Trinajstić information content (AvgIpc) is 2.02. The molecule has 78 valence electrons. The van der Waals surface area contributed by atoms with Gasteiger partial charge in [0.05, 0.1) is 6.10 Å². The summed E-state index contributed by atoms with van der Waals surface area (Å²) in [4.78, 5) is 0. The number of halogens is 4. The number of benzene rings is 1. The Labute approximate surface area is 88.0 Å². The summed E-state index contributed by atoms with van der Waals surface area (Å²) < 4.78 is 40.2. The molecule has 14 heavy (non-hydrogen) atoms. The fraction of sp³-hybridized carbons (Fsp3) is 0.333. The van der Waals surface area contributed by atoms with Crippen LogP contribution in [0, 0.1) is 0 Å². The minimum absolute atomic E-state index is 0.491. The van der Waals surface area contributed by atoms with Crippen molar-refractivity contribution >= 4 is 15.9 Å². The van der Waals surface area contributed by atoms with E-state index in [-0.39, 0.29) is 0 Å². The molecule has 0 bridgehead atoms. The van der Waals surface area contributed by atoms with Crippen LogP contribution in [0.15, 0.2) is 28.7 Å². The molecular formula is C9H8BrF3O. The van der Waals surface area contributed by atoms with Crippen molar-refractivity contribution in [3.8, 4) is 0 Å². The fourth-order valence-corrected chi connectivity index (χ4v) is 1.27. The van der Waals surface area contributed by atoms with Gasteiger partial charge in [-0.2, -0.15) is 0 Å². The Morgan fingerprint density at radius 2 is 1.71 bits per heavy atom. The van der Waals surface area contributed by atoms with Crippen molar-refractivity contribution < 1.29 is 17.9 Å². The Bertz CT molecular complexity index is 294. The van der Waals surface area contributed by atoms with Gasteiger partial charge >= 0.3 is 6.36 Å². The van der Waals surface area contributed by atoms with Crippen molar-refractivity contribution in [3.05, 3.63) is 34.3 Å². The molecule has 0 aromatic heterocycles. The molecule has 0 saturated heterocycles. The first kappa shape index (κ1) is 11.5. The minimum Gasteiger partial charge on any atom is -0.284 e. The third-order valence-corrected chi connectivity index (χ3v) is 2.18. The molecular weight excluding hydrogens is 261 g/mol. The van der Waals surface area contributed by atoms with Crippen LogP contribution in [-0.4, -0.2) is 6.36 Å². The highest BCUT2D eigenvalue weighted by Gasteiger charge is 2.32. The van der Waals surface area contributed by atoms with E-state index in [0.717, 1.165) is 4.47 Å². The molecule has 1 nitrogen and oxygen atoms in total. The third kappa shape index (κ3) is 3.67.